The van der Waals surface area contributed by atoms with Crippen molar-refractivity contribution < 1.29 is 19.1 Å². The first-order valence-corrected chi connectivity index (χ1v) is 11.8. The third kappa shape index (κ3) is 3.79. The number of carbonyl (C=O) groups is 2. The summed E-state index contributed by atoms with van der Waals surface area (Å²) in [7, 11) is 3.14. The summed E-state index contributed by atoms with van der Waals surface area (Å²) in [5.74, 6) is 3.82. The van der Waals surface area contributed by atoms with Gasteiger partial charge < -0.3 is 19.7 Å². The van der Waals surface area contributed by atoms with Crippen LogP contribution in [-0.4, -0.2) is 50.1 Å². The zero-order valence-corrected chi connectivity index (χ0v) is 18.7. The van der Waals surface area contributed by atoms with Crippen molar-refractivity contribution >= 4 is 11.8 Å². The van der Waals surface area contributed by atoms with E-state index in [1.54, 1.807) is 32.4 Å². The van der Waals surface area contributed by atoms with Crippen molar-refractivity contribution in [1.29, 1.82) is 0 Å². The van der Waals surface area contributed by atoms with Gasteiger partial charge in [0.25, 0.3) is 5.91 Å². The topological polar surface area (TPSA) is 67.9 Å². The van der Waals surface area contributed by atoms with Crippen LogP contribution in [0.5, 0.6) is 11.5 Å². The number of hydrogen-bond donors (Lipinski definition) is 1. The fraction of sp³-hybridized carbons (Fsp3) is 0.680. The lowest BCUT2D eigenvalue weighted by molar-refractivity contribution is -0.158. The molecule has 168 valence electrons. The monoisotopic (exact) mass is 426 g/mol. The molecule has 1 aliphatic heterocycles. The molecule has 1 saturated heterocycles. The Bertz CT molecular complexity index is 824. The van der Waals surface area contributed by atoms with Crippen molar-refractivity contribution in [3.8, 4) is 11.5 Å². The lowest BCUT2D eigenvalue weighted by Crippen LogP contribution is -2.56. The Hall–Kier alpha value is -2.24. The van der Waals surface area contributed by atoms with Gasteiger partial charge in [0.05, 0.1) is 19.6 Å². The first-order valence-electron chi connectivity index (χ1n) is 11.8. The summed E-state index contributed by atoms with van der Waals surface area (Å²) >= 11 is 0. The molecule has 0 radical (unpaired) electrons. The zero-order valence-electron chi connectivity index (χ0n) is 18.7. The van der Waals surface area contributed by atoms with Crippen LogP contribution in [0.25, 0.3) is 0 Å². The largest absolute Gasteiger partial charge is 0.493 e. The number of piperidine rings is 1. The van der Waals surface area contributed by atoms with Gasteiger partial charge in [0, 0.05) is 24.7 Å². The van der Waals surface area contributed by atoms with Gasteiger partial charge >= 0.3 is 0 Å². The number of likely N-dealkylation sites (tertiary alicyclic amines) is 1. The maximum atomic E-state index is 13.5. The first-order chi connectivity index (χ1) is 15.0. The average molecular weight is 427 g/mol. The molecule has 5 aliphatic rings. The van der Waals surface area contributed by atoms with E-state index >= 15 is 0 Å². The van der Waals surface area contributed by atoms with Crippen molar-refractivity contribution in [2.75, 3.05) is 27.3 Å². The molecule has 4 saturated carbocycles. The smallest absolute Gasteiger partial charge is 0.251 e. The predicted molar refractivity (Wildman–Crippen MR) is 117 cm³/mol. The van der Waals surface area contributed by atoms with E-state index in [1.807, 2.05) is 0 Å². The quantitative estimate of drug-likeness (QED) is 0.781. The predicted octanol–water partition coefficient (Wildman–Crippen LogP) is 3.64. The van der Waals surface area contributed by atoms with Crippen molar-refractivity contribution in [1.82, 2.24) is 10.2 Å². The molecule has 0 aromatic heterocycles. The highest BCUT2D eigenvalue weighted by molar-refractivity contribution is 5.95. The summed E-state index contributed by atoms with van der Waals surface area (Å²) in [6, 6.07) is 5.31. The van der Waals surface area contributed by atoms with Gasteiger partial charge in [-0.25, -0.2) is 0 Å². The minimum Gasteiger partial charge on any atom is -0.493 e. The molecule has 0 unspecified atom stereocenters. The van der Waals surface area contributed by atoms with Crippen LogP contribution in [0.3, 0.4) is 0 Å². The minimum absolute atomic E-state index is 0.0650. The van der Waals surface area contributed by atoms with Crippen molar-refractivity contribution in [3.05, 3.63) is 23.8 Å². The zero-order chi connectivity index (χ0) is 21.6. The molecule has 6 rings (SSSR count). The van der Waals surface area contributed by atoms with Crippen LogP contribution in [0, 0.1) is 23.2 Å². The van der Waals surface area contributed by atoms with E-state index in [2.05, 4.69) is 10.2 Å². The molecule has 4 bridgehead atoms. The molecule has 1 aromatic carbocycles. The standard InChI is InChI=1S/C25H34N2O4/c1-30-21-4-3-19(12-22(21)31-2)23(28)26-20-5-7-27(8-6-20)24(29)25-13-16-9-17(14-25)11-18(10-16)15-25/h3-4,12,16-18,20H,5-11,13-15H2,1-2H3,(H,26,28). The Morgan fingerprint density at radius 1 is 0.935 bits per heavy atom. The second-order valence-corrected chi connectivity index (χ2v) is 10.3. The summed E-state index contributed by atoms with van der Waals surface area (Å²) in [6.45, 7) is 1.49. The van der Waals surface area contributed by atoms with E-state index < -0.39 is 0 Å². The number of hydrogen-bond acceptors (Lipinski definition) is 4. The third-order valence-electron chi connectivity index (χ3n) is 8.26. The first kappa shape index (κ1) is 20.7. The molecule has 6 nitrogen and oxygen atoms in total. The van der Waals surface area contributed by atoms with Gasteiger partial charge in [0.1, 0.15) is 0 Å². The Kier molecular flexibility index (Phi) is 5.35. The van der Waals surface area contributed by atoms with Crippen molar-refractivity contribution in [3.63, 3.8) is 0 Å². The number of nitrogens with zero attached hydrogens (tertiary/aromatic N) is 1. The van der Waals surface area contributed by atoms with Gasteiger partial charge in [-0.1, -0.05) is 0 Å². The number of methoxy groups -OCH3 is 2. The van der Waals surface area contributed by atoms with Gasteiger partial charge in [0.15, 0.2) is 11.5 Å². The fourth-order valence-corrected chi connectivity index (χ4v) is 7.18. The van der Waals surface area contributed by atoms with Gasteiger partial charge in [-0.15, -0.1) is 0 Å². The molecule has 1 N–H and O–H groups in total. The summed E-state index contributed by atoms with van der Waals surface area (Å²) in [6.07, 6.45) is 9.06. The summed E-state index contributed by atoms with van der Waals surface area (Å²) in [4.78, 5) is 28.4. The normalized spacial score (nSPS) is 32.1. The van der Waals surface area contributed by atoms with Crippen LogP contribution in [0.2, 0.25) is 0 Å². The lowest BCUT2D eigenvalue weighted by Gasteiger charge is -2.57. The molecule has 1 heterocycles. The van der Waals surface area contributed by atoms with Crippen LogP contribution in [0.4, 0.5) is 0 Å². The summed E-state index contributed by atoms with van der Waals surface area (Å²) in [5.41, 5.74) is 0.495. The average Bonchev–Trinajstić information content (AvgIpc) is 2.77. The van der Waals surface area contributed by atoms with E-state index in [0.29, 0.717) is 23.0 Å². The van der Waals surface area contributed by atoms with E-state index in [9.17, 15) is 9.59 Å². The molecule has 31 heavy (non-hydrogen) atoms. The number of rotatable bonds is 5. The lowest BCUT2D eigenvalue weighted by atomic mass is 9.49. The van der Waals surface area contributed by atoms with Gasteiger partial charge in [0.2, 0.25) is 5.91 Å². The minimum atomic E-state index is -0.105. The molecular formula is C25H34N2O4. The van der Waals surface area contributed by atoms with Crippen molar-refractivity contribution in [2.45, 2.75) is 57.4 Å². The highest BCUT2D eigenvalue weighted by atomic mass is 16.5. The molecule has 0 atom stereocenters. The van der Waals surface area contributed by atoms with E-state index in [1.165, 1.54) is 19.3 Å². The van der Waals surface area contributed by atoms with Gasteiger partial charge in [-0.2, -0.15) is 0 Å². The number of benzene rings is 1. The number of carbonyl (C=O) groups excluding carboxylic acids is 2. The molecule has 4 aliphatic carbocycles. The molecule has 1 aromatic rings. The van der Waals surface area contributed by atoms with Crippen LogP contribution >= 0.6 is 0 Å². The molecule has 5 fully saturated rings. The SMILES string of the molecule is COc1ccc(C(=O)NC2CCN(C(=O)C34CC5CC(CC(C5)C3)C4)CC2)cc1OC. The van der Waals surface area contributed by atoms with E-state index in [4.69, 9.17) is 9.47 Å². The molecular weight excluding hydrogens is 392 g/mol. The summed E-state index contributed by atoms with van der Waals surface area (Å²) in [5, 5.41) is 3.15. The third-order valence-corrected chi connectivity index (χ3v) is 8.26. The number of amides is 2. The van der Waals surface area contributed by atoms with Crippen LogP contribution < -0.4 is 14.8 Å². The number of nitrogens with one attached hydrogen (secondary N) is 1. The molecule has 2 amide bonds. The highest BCUT2D eigenvalue weighted by Gasteiger charge is 2.55. The Labute approximate surface area is 184 Å². The summed E-state index contributed by atoms with van der Waals surface area (Å²) < 4.78 is 10.6. The Morgan fingerprint density at radius 2 is 1.52 bits per heavy atom. The van der Waals surface area contributed by atoms with E-state index in [0.717, 1.165) is 62.9 Å². The fourth-order valence-electron chi connectivity index (χ4n) is 7.18. The number of ether oxygens (including phenoxy) is 2. The van der Waals surface area contributed by atoms with E-state index in [-0.39, 0.29) is 17.4 Å². The Morgan fingerprint density at radius 3 is 2.06 bits per heavy atom. The second kappa shape index (κ2) is 8.03. The maximum Gasteiger partial charge on any atom is 0.251 e. The van der Waals surface area contributed by atoms with Crippen LogP contribution in [-0.2, 0) is 4.79 Å². The second-order valence-electron chi connectivity index (χ2n) is 10.3. The highest BCUT2D eigenvalue weighted by Crippen LogP contribution is 2.60. The molecule has 0 spiro atoms. The van der Waals surface area contributed by atoms with Crippen molar-refractivity contribution in [2.24, 2.45) is 23.2 Å². The van der Waals surface area contributed by atoms with Gasteiger partial charge in [-0.05, 0) is 87.3 Å². The molecule has 6 heteroatoms. The van der Waals surface area contributed by atoms with Crippen LogP contribution in [0.15, 0.2) is 18.2 Å². The Balaban J connectivity index is 1.17. The maximum absolute atomic E-state index is 13.5. The van der Waals surface area contributed by atoms with Crippen LogP contribution in [0.1, 0.15) is 61.7 Å². The van der Waals surface area contributed by atoms with Gasteiger partial charge in [-0.3, -0.25) is 9.59 Å².